The van der Waals surface area contributed by atoms with Gasteiger partial charge in [0.05, 0.1) is 26.0 Å². The molecule has 0 saturated heterocycles. The summed E-state index contributed by atoms with van der Waals surface area (Å²) in [5.41, 5.74) is 2.61. The van der Waals surface area contributed by atoms with Gasteiger partial charge in [0.15, 0.2) is 16.6 Å². The minimum absolute atomic E-state index is 0.253. The Morgan fingerprint density at radius 2 is 1.90 bits per heavy atom. The molecule has 0 unspecified atom stereocenters. The summed E-state index contributed by atoms with van der Waals surface area (Å²) in [5, 5.41) is 5.26. The number of nitrogens with zero attached hydrogens (tertiary/aromatic N) is 1. The van der Waals surface area contributed by atoms with Crippen LogP contribution in [-0.4, -0.2) is 31.2 Å². The van der Waals surface area contributed by atoms with Crippen molar-refractivity contribution in [3.05, 3.63) is 59.5 Å². The number of methoxy groups -OCH3 is 1. The van der Waals surface area contributed by atoms with Gasteiger partial charge >= 0.3 is 0 Å². The molecule has 7 heteroatoms. The highest BCUT2D eigenvalue weighted by Crippen LogP contribution is 2.29. The van der Waals surface area contributed by atoms with E-state index in [0.717, 1.165) is 29.0 Å². The standard InChI is InChI=1S/C24H26N2O4S/c1-4-14-30-19-10-8-18(9-11-19)20-16-31-24(25-20)26-23(27)13-7-17-6-12-21(29-5-2)22(15-17)28-3/h6-13,15-16H,4-5,14H2,1-3H3,(H,25,26,27). The fourth-order valence-electron chi connectivity index (χ4n) is 2.79. The van der Waals surface area contributed by atoms with Crippen LogP contribution in [0.15, 0.2) is 53.9 Å². The van der Waals surface area contributed by atoms with E-state index in [-0.39, 0.29) is 5.91 Å². The zero-order valence-electron chi connectivity index (χ0n) is 17.9. The second-order valence-electron chi connectivity index (χ2n) is 6.58. The Balaban J connectivity index is 1.61. The summed E-state index contributed by atoms with van der Waals surface area (Å²) in [5.74, 6) is 1.88. The van der Waals surface area contributed by atoms with Crippen molar-refractivity contribution < 1.29 is 19.0 Å². The molecule has 162 valence electrons. The van der Waals surface area contributed by atoms with Gasteiger partial charge in [-0.05, 0) is 61.4 Å². The molecule has 0 saturated carbocycles. The van der Waals surface area contributed by atoms with Gasteiger partial charge < -0.3 is 14.2 Å². The number of benzene rings is 2. The van der Waals surface area contributed by atoms with Crippen LogP contribution in [0.5, 0.6) is 17.2 Å². The molecule has 0 atom stereocenters. The van der Waals surface area contributed by atoms with Crippen LogP contribution in [0.1, 0.15) is 25.8 Å². The average Bonchev–Trinajstić information content (AvgIpc) is 3.25. The number of amides is 1. The van der Waals surface area contributed by atoms with E-state index in [2.05, 4.69) is 17.2 Å². The summed E-state index contributed by atoms with van der Waals surface area (Å²) in [6.07, 6.45) is 4.16. The minimum Gasteiger partial charge on any atom is -0.494 e. The molecule has 6 nitrogen and oxygen atoms in total. The third-order valence-electron chi connectivity index (χ3n) is 4.27. The average molecular weight is 439 g/mol. The Bertz CT molecular complexity index is 1030. The molecule has 0 aliphatic rings. The van der Waals surface area contributed by atoms with Gasteiger partial charge in [0.2, 0.25) is 5.91 Å². The lowest BCUT2D eigenvalue weighted by molar-refractivity contribution is -0.111. The van der Waals surface area contributed by atoms with E-state index in [1.807, 2.05) is 54.8 Å². The Morgan fingerprint density at radius 3 is 2.61 bits per heavy atom. The van der Waals surface area contributed by atoms with E-state index >= 15 is 0 Å². The van der Waals surface area contributed by atoms with Crippen LogP contribution in [0.4, 0.5) is 5.13 Å². The molecule has 1 heterocycles. The monoisotopic (exact) mass is 438 g/mol. The zero-order chi connectivity index (χ0) is 22.1. The van der Waals surface area contributed by atoms with E-state index in [0.29, 0.717) is 29.8 Å². The van der Waals surface area contributed by atoms with Crippen LogP contribution < -0.4 is 19.5 Å². The van der Waals surface area contributed by atoms with Gasteiger partial charge in [-0.3, -0.25) is 10.1 Å². The second kappa shape index (κ2) is 11.2. The molecule has 0 aliphatic heterocycles. The lowest BCUT2D eigenvalue weighted by Crippen LogP contribution is -2.07. The van der Waals surface area contributed by atoms with Gasteiger partial charge in [-0.15, -0.1) is 11.3 Å². The highest BCUT2D eigenvalue weighted by Gasteiger charge is 2.08. The van der Waals surface area contributed by atoms with Crippen molar-refractivity contribution >= 4 is 28.5 Å². The van der Waals surface area contributed by atoms with Gasteiger partial charge in [-0.25, -0.2) is 4.98 Å². The largest absolute Gasteiger partial charge is 0.494 e. The molecule has 1 N–H and O–H groups in total. The highest BCUT2D eigenvalue weighted by molar-refractivity contribution is 7.14. The molecule has 2 aromatic carbocycles. The number of carbonyl (C=O) groups is 1. The summed E-state index contributed by atoms with van der Waals surface area (Å²) in [4.78, 5) is 16.8. The molecule has 1 aromatic heterocycles. The van der Waals surface area contributed by atoms with Gasteiger partial charge in [0.1, 0.15) is 5.75 Å². The molecule has 1 amide bonds. The van der Waals surface area contributed by atoms with E-state index in [4.69, 9.17) is 14.2 Å². The number of hydrogen-bond acceptors (Lipinski definition) is 6. The zero-order valence-corrected chi connectivity index (χ0v) is 18.7. The molecule has 31 heavy (non-hydrogen) atoms. The first-order chi connectivity index (χ1) is 15.1. The van der Waals surface area contributed by atoms with Crippen molar-refractivity contribution in [2.45, 2.75) is 20.3 Å². The summed E-state index contributed by atoms with van der Waals surface area (Å²) in [7, 11) is 1.59. The normalized spacial score (nSPS) is 10.8. The van der Waals surface area contributed by atoms with E-state index < -0.39 is 0 Å². The number of anilines is 1. The van der Waals surface area contributed by atoms with E-state index in [9.17, 15) is 4.79 Å². The smallest absolute Gasteiger partial charge is 0.250 e. The maximum absolute atomic E-state index is 12.3. The molecular weight excluding hydrogens is 412 g/mol. The number of carbonyl (C=O) groups excluding carboxylic acids is 1. The van der Waals surface area contributed by atoms with Gasteiger partial charge in [0.25, 0.3) is 0 Å². The van der Waals surface area contributed by atoms with Crippen LogP contribution in [0, 0.1) is 0 Å². The summed E-state index contributed by atoms with van der Waals surface area (Å²) >= 11 is 1.38. The molecule has 0 bridgehead atoms. The van der Waals surface area contributed by atoms with Gasteiger partial charge in [-0.2, -0.15) is 0 Å². The predicted octanol–water partition coefficient (Wildman–Crippen LogP) is 5.66. The van der Waals surface area contributed by atoms with Crippen LogP contribution in [0.25, 0.3) is 17.3 Å². The number of thiazole rings is 1. The van der Waals surface area contributed by atoms with Crippen molar-refractivity contribution in [1.29, 1.82) is 0 Å². The van der Waals surface area contributed by atoms with Crippen LogP contribution in [0.2, 0.25) is 0 Å². The third kappa shape index (κ3) is 6.33. The van der Waals surface area contributed by atoms with Crippen molar-refractivity contribution in [1.82, 2.24) is 4.98 Å². The Morgan fingerprint density at radius 1 is 1.10 bits per heavy atom. The predicted molar refractivity (Wildman–Crippen MR) is 125 cm³/mol. The van der Waals surface area contributed by atoms with Gasteiger partial charge in [0, 0.05) is 17.0 Å². The number of rotatable bonds is 10. The maximum Gasteiger partial charge on any atom is 0.250 e. The molecule has 3 aromatic rings. The molecular formula is C24H26N2O4S. The van der Waals surface area contributed by atoms with Crippen LogP contribution in [0.3, 0.4) is 0 Å². The number of nitrogens with one attached hydrogen (secondary N) is 1. The highest BCUT2D eigenvalue weighted by atomic mass is 32.1. The Kier molecular flexibility index (Phi) is 8.06. The molecule has 0 fully saturated rings. The third-order valence-corrected chi connectivity index (χ3v) is 5.03. The first-order valence-electron chi connectivity index (χ1n) is 10.1. The quantitative estimate of drug-likeness (QED) is 0.414. The van der Waals surface area contributed by atoms with E-state index in [1.165, 1.54) is 17.4 Å². The first-order valence-corrected chi connectivity index (χ1v) is 11.0. The Hall–Kier alpha value is -3.32. The van der Waals surface area contributed by atoms with E-state index in [1.54, 1.807) is 13.2 Å². The summed E-state index contributed by atoms with van der Waals surface area (Å²) in [6.45, 7) is 5.24. The van der Waals surface area contributed by atoms with Gasteiger partial charge in [-0.1, -0.05) is 13.0 Å². The lowest BCUT2D eigenvalue weighted by atomic mass is 10.2. The van der Waals surface area contributed by atoms with Crippen molar-refractivity contribution in [2.75, 3.05) is 25.6 Å². The van der Waals surface area contributed by atoms with Crippen LogP contribution >= 0.6 is 11.3 Å². The SMILES string of the molecule is CCCOc1ccc(-c2csc(NC(=O)C=Cc3ccc(OCC)c(OC)c3)n2)cc1. The molecule has 0 aliphatic carbocycles. The molecule has 0 spiro atoms. The van der Waals surface area contributed by atoms with Crippen molar-refractivity contribution in [3.8, 4) is 28.5 Å². The summed E-state index contributed by atoms with van der Waals surface area (Å²) < 4.78 is 16.4. The summed E-state index contributed by atoms with van der Waals surface area (Å²) in [6, 6.07) is 13.3. The topological polar surface area (TPSA) is 69.7 Å². The minimum atomic E-state index is -0.253. The van der Waals surface area contributed by atoms with Crippen LogP contribution in [-0.2, 0) is 4.79 Å². The number of ether oxygens (including phenoxy) is 3. The fourth-order valence-corrected chi connectivity index (χ4v) is 3.51. The molecule has 3 rings (SSSR count). The lowest BCUT2D eigenvalue weighted by Gasteiger charge is -2.09. The fraction of sp³-hybridized carbons (Fsp3) is 0.250. The second-order valence-corrected chi connectivity index (χ2v) is 7.43. The van der Waals surface area contributed by atoms with Crippen molar-refractivity contribution in [2.24, 2.45) is 0 Å². The maximum atomic E-state index is 12.3. The Labute approximate surface area is 186 Å². The first kappa shape index (κ1) is 22.4. The number of aromatic nitrogens is 1. The van der Waals surface area contributed by atoms with Crippen molar-refractivity contribution in [3.63, 3.8) is 0 Å². The molecule has 0 radical (unpaired) electrons. The number of hydrogen-bond donors (Lipinski definition) is 1.